The maximum absolute atomic E-state index is 9.99. The zero-order chi connectivity index (χ0) is 11.9. The van der Waals surface area contributed by atoms with Gasteiger partial charge < -0.3 is 0 Å². The van der Waals surface area contributed by atoms with E-state index < -0.39 is 0 Å². The number of hydrogen-bond donors (Lipinski definition) is 0. The minimum atomic E-state index is 0.843. The Labute approximate surface area is 101 Å². The van der Waals surface area contributed by atoms with E-state index in [0.717, 1.165) is 12.7 Å². The topological polar surface area (TPSA) is 17.1 Å². The second kappa shape index (κ2) is 14.2. The van der Waals surface area contributed by atoms with Crippen molar-refractivity contribution in [1.29, 1.82) is 0 Å². The minimum absolute atomic E-state index is 0.843. The summed E-state index contributed by atoms with van der Waals surface area (Å²) >= 11 is 0. The second-order valence-corrected chi connectivity index (χ2v) is 4.17. The van der Waals surface area contributed by atoms with E-state index in [9.17, 15) is 4.79 Å². The average molecular weight is 222 g/mol. The normalized spacial score (nSPS) is 11.6. The molecule has 0 bridgehead atoms. The Morgan fingerprint density at radius 1 is 0.750 bits per heavy atom. The van der Waals surface area contributed by atoms with Gasteiger partial charge in [-0.3, -0.25) is 4.79 Å². The zero-order valence-corrected chi connectivity index (χ0v) is 10.7. The molecule has 0 heterocycles. The van der Waals surface area contributed by atoms with Gasteiger partial charge in [-0.05, 0) is 44.6 Å². The first-order chi connectivity index (χ1) is 7.91. The summed E-state index contributed by atoms with van der Waals surface area (Å²) in [6, 6.07) is 0. The average Bonchev–Trinajstić information content (AvgIpc) is 2.31. The Hall–Kier alpha value is -0.850. The molecule has 0 spiro atoms. The highest BCUT2D eigenvalue weighted by Crippen LogP contribution is 2.05. The van der Waals surface area contributed by atoms with Crippen molar-refractivity contribution < 1.29 is 4.79 Å². The van der Waals surface area contributed by atoms with Gasteiger partial charge >= 0.3 is 0 Å². The van der Waals surface area contributed by atoms with Crippen LogP contribution in [-0.2, 0) is 4.79 Å². The van der Waals surface area contributed by atoms with E-state index >= 15 is 0 Å². The van der Waals surface area contributed by atoms with Crippen LogP contribution < -0.4 is 0 Å². The number of unbranched alkanes of at least 4 members (excludes halogenated alkanes) is 7. The molecule has 0 radical (unpaired) electrons. The highest BCUT2D eigenvalue weighted by atomic mass is 16.1. The van der Waals surface area contributed by atoms with E-state index in [2.05, 4.69) is 19.1 Å². The third-order valence-electron chi connectivity index (χ3n) is 2.60. The molecule has 1 heteroatoms. The molecule has 0 rings (SSSR count). The molecule has 0 N–H and O–H groups in total. The Balaban J connectivity index is 3.09. The SMILES string of the molecule is CCCCCCC=CCCCCC=CC=O. The quantitative estimate of drug-likeness (QED) is 0.212. The van der Waals surface area contributed by atoms with E-state index in [4.69, 9.17) is 0 Å². The number of carbonyl (C=O) groups is 1. The molecule has 0 aromatic carbocycles. The Bertz CT molecular complexity index is 192. The van der Waals surface area contributed by atoms with Crippen molar-refractivity contribution >= 4 is 6.29 Å². The summed E-state index contributed by atoms with van der Waals surface area (Å²) in [5, 5.41) is 0. The first-order valence-electron chi connectivity index (χ1n) is 6.67. The molecule has 0 atom stereocenters. The van der Waals surface area contributed by atoms with Crippen LogP contribution in [0.4, 0.5) is 0 Å². The smallest absolute Gasteiger partial charge is 0.142 e. The van der Waals surface area contributed by atoms with Crippen molar-refractivity contribution in [1.82, 2.24) is 0 Å². The maximum Gasteiger partial charge on any atom is 0.142 e. The number of aldehydes is 1. The number of rotatable bonds is 11. The molecule has 0 fully saturated rings. The van der Waals surface area contributed by atoms with Crippen molar-refractivity contribution in [3.8, 4) is 0 Å². The van der Waals surface area contributed by atoms with Crippen LogP contribution in [0.25, 0.3) is 0 Å². The maximum atomic E-state index is 9.99. The van der Waals surface area contributed by atoms with E-state index in [0.29, 0.717) is 0 Å². The van der Waals surface area contributed by atoms with Crippen LogP contribution in [0.5, 0.6) is 0 Å². The van der Waals surface area contributed by atoms with Gasteiger partial charge in [0.2, 0.25) is 0 Å². The van der Waals surface area contributed by atoms with Gasteiger partial charge in [0.05, 0.1) is 0 Å². The van der Waals surface area contributed by atoms with Gasteiger partial charge in [-0.15, -0.1) is 0 Å². The third kappa shape index (κ3) is 13.2. The van der Waals surface area contributed by atoms with Crippen molar-refractivity contribution in [3.63, 3.8) is 0 Å². The molecule has 0 saturated carbocycles. The molecule has 0 amide bonds. The molecule has 92 valence electrons. The summed E-state index contributed by atoms with van der Waals surface area (Å²) in [4.78, 5) is 9.99. The molecular formula is C15H26O. The van der Waals surface area contributed by atoms with Gasteiger partial charge in [-0.1, -0.05) is 44.4 Å². The molecule has 0 saturated heterocycles. The third-order valence-corrected chi connectivity index (χ3v) is 2.60. The van der Waals surface area contributed by atoms with Crippen LogP contribution in [-0.4, -0.2) is 6.29 Å². The van der Waals surface area contributed by atoms with Gasteiger partial charge in [-0.2, -0.15) is 0 Å². The van der Waals surface area contributed by atoms with Gasteiger partial charge in [-0.25, -0.2) is 0 Å². The van der Waals surface area contributed by atoms with Crippen LogP contribution in [0.2, 0.25) is 0 Å². The standard InChI is InChI=1S/C15H26O/c1-2-3-4-5-6-7-8-9-10-11-12-13-14-15-16/h7-8,13-15H,2-6,9-12H2,1H3. The Morgan fingerprint density at radius 2 is 1.31 bits per heavy atom. The lowest BCUT2D eigenvalue weighted by Gasteiger charge is -1.95. The minimum Gasteiger partial charge on any atom is -0.299 e. The molecule has 0 aliphatic carbocycles. The predicted molar refractivity (Wildman–Crippen MR) is 71.6 cm³/mol. The summed E-state index contributed by atoms with van der Waals surface area (Å²) in [5.41, 5.74) is 0. The molecule has 0 aliphatic heterocycles. The van der Waals surface area contributed by atoms with Crippen molar-refractivity contribution in [2.45, 2.75) is 64.7 Å². The highest BCUT2D eigenvalue weighted by Gasteiger charge is 1.85. The van der Waals surface area contributed by atoms with Crippen LogP contribution in [0.1, 0.15) is 64.7 Å². The summed E-state index contributed by atoms with van der Waals surface area (Å²) in [6.45, 7) is 2.24. The first-order valence-corrected chi connectivity index (χ1v) is 6.67. The largest absolute Gasteiger partial charge is 0.299 e. The van der Waals surface area contributed by atoms with Crippen LogP contribution in [0.15, 0.2) is 24.3 Å². The van der Waals surface area contributed by atoms with E-state index in [1.54, 1.807) is 6.08 Å². The lowest BCUT2D eigenvalue weighted by atomic mass is 10.1. The molecule has 0 aromatic heterocycles. The molecule has 1 nitrogen and oxygen atoms in total. The fourth-order valence-corrected chi connectivity index (χ4v) is 1.60. The van der Waals surface area contributed by atoms with Crippen molar-refractivity contribution in [2.75, 3.05) is 0 Å². The van der Waals surface area contributed by atoms with Gasteiger partial charge in [0.1, 0.15) is 6.29 Å². The zero-order valence-electron chi connectivity index (χ0n) is 10.7. The van der Waals surface area contributed by atoms with Crippen molar-refractivity contribution in [3.05, 3.63) is 24.3 Å². The summed E-state index contributed by atoms with van der Waals surface area (Å²) < 4.78 is 0. The van der Waals surface area contributed by atoms with Gasteiger partial charge in [0.15, 0.2) is 0 Å². The van der Waals surface area contributed by atoms with Crippen LogP contribution >= 0.6 is 0 Å². The van der Waals surface area contributed by atoms with E-state index in [1.165, 1.54) is 51.4 Å². The highest BCUT2D eigenvalue weighted by molar-refractivity contribution is 5.64. The summed E-state index contributed by atoms with van der Waals surface area (Å²) in [6.07, 6.45) is 20.3. The molecule has 0 aliphatic rings. The molecular weight excluding hydrogens is 196 g/mol. The molecule has 0 unspecified atom stereocenters. The van der Waals surface area contributed by atoms with E-state index in [-0.39, 0.29) is 0 Å². The summed E-state index contributed by atoms with van der Waals surface area (Å²) in [5.74, 6) is 0. The van der Waals surface area contributed by atoms with Crippen LogP contribution in [0.3, 0.4) is 0 Å². The predicted octanol–water partition coefficient (Wildman–Crippen LogP) is 4.83. The fourth-order valence-electron chi connectivity index (χ4n) is 1.60. The second-order valence-electron chi connectivity index (χ2n) is 4.17. The lowest BCUT2D eigenvalue weighted by molar-refractivity contribution is -0.104. The first kappa shape index (κ1) is 15.2. The molecule has 16 heavy (non-hydrogen) atoms. The Morgan fingerprint density at radius 3 is 1.88 bits per heavy atom. The van der Waals surface area contributed by atoms with Gasteiger partial charge in [0.25, 0.3) is 0 Å². The molecule has 0 aromatic rings. The number of carbonyl (C=O) groups excluding carboxylic acids is 1. The van der Waals surface area contributed by atoms with Crippen molar-refractivity contribution in [2.24, 2.45) is 0 Å². The lowest BCUT2D eigenvalue weighted by Crippen LogP contribution is -1.75. The number of hydrogen-bond acceptors (Lipinski definition) is 1. The number of allylic oxidation sites excluding steroid dienone is 4. The van der Waals surface area contributed by atoms with Crippen LogP contribution in [0, 0.1) is 0 Å². The summed E-state index contributed by atoms with van der Waals surface area (Å²) in [7, 11) is 0. The van der Waals surface area contributed by atoms with E-state index in [1.807, 2.05) is 6.08 Å². The van der Waals surface area contributed by atoms with Gasteiger partial charge in [0, 0.05) is 0 Å². The fraction of sp³-hybridized carbons (Fsp3) is 0.667. The Kier molecular flexibility index (Phi) is 13.4. The monoisotopic (exact) mass is 222 g/mol.